The average Bonchev–Trinajstić information content (AvgIpc) is 2.54. The molecule has 7 heteroatoms. The number of aryl methyl sites for hydroxylation is 1. The molecule has 1 aliphatic rings. The average molecular weight is 349 g/mol. The van der Waals surface area contributed by atoms with Gasteiger partial charge in [-0.2, -0.15) is 8.42 Å². The molecule has 2 aromatic carbocycles. The summed E-state index contributed by atoms with van der Waals surface area (Å²) in [6.45, 7) is 2.50. The summed E-state index contributed by atoms with van der Waals surface area (Å²) in [4.78, 5) is 10.6. The summed E-state index contributed by atoms with van der Waals surface area (Å²) < 4.78 is 29.6. The molecule has 0 saturated carbocycles. The summed E-state index contributed by atoms with van der Waals surface area (Å²) in [6.07, 6.45) is 0.589. The zero-order valence-corrected chi connectivity index (χ0v) is 14.0. The van der Waals surface area contributed by atoms with E-state index in [9.17, 15) is 13.2 Å². The maximum absolute atomic E-state index is 10.7. The van der Waals surface area contributed by atoms with Crippen LogP contribution in [0.25, 0.3) is 0 Å². The molecule has 128 valence electrons. The van der Waals surface area contributed by atoms with Crippen LogP contribution >= 0.6 is 0 Å². The molecule has 0 bridgehead atoms. The van der Waals surface area contributed by atoms with Gasteiger partial charge in [0.15, 0.2) is 0 Å². The Kier molecular flexibility index (Phi) is 5.71. The Labute approximate surface area is 140 Å². The van der Waals surface area contributed by atoms with Gasteiger partial charge in [0.05, 0.1) is 4.90 Å². The number of hydrogen-bond acceptors (Lipinski definition) is 4. The van der Waals surface area contributed by atoms with Crippen molar-refractivity contribution in [1.29, 1.82) is 0 Å². The predicted octanol–water partition coefficient (Wildman–Crippen LogP) is 2.03. The largest absolute Gasteiger partial charge is 0.480 e. The Balaban J connectivity index is 0.000000177. The maximum atomic E-state index is 10.7. The summed E-state index contributed by atoms with van der Waals surface area (Å²) in [5.41, 5.74) is 3.31. The highest BCUT2D eigenvalue weighted by Crippen LogP contribution is 2.16. The highest BCUT2D eigenvalue weighted by molar-refractivity contribution is 7.85. The standard InChI is InChI=1S/C10H11NO2.C7H8O3S/c12-10(13)9-5-7-3-1-2-4-8(7)6-11-9;1-6-2-4-7(5-3-6)11(8,9)10/h1-4,9,11H,5-6H2,(H,12,13);2-5H,1H3,(H,8,9,10). The van der Waals surface area contributed by atoms with E-state index in [4.69, 9.17) is 9.66 Å². The first-order valence-corrected chi connectivity index (χ1v) is 8.78. The minimum absolute atomic E-state index is 0.0666. The molecular weight excluding hydrogens is 330 g/mol. The summed E-state index contributed by atoms with van der Waals surface area (Å²) >= 11 is 0. The van der Waals surface area contributed by atoms with E-state index in [-0.39, 0.29) is 4.90 Å². The van der Waals surface area contributed by atoms with Gasteiger partial charge < -0.3 is 10.4 Å². The minimum Gasteiger partial charge on any atom is -0.480 e. The molecule has 0 fully saturated rings. The van der Waals surface area contributed by atoms with E-state index in [2.05, 4.69) is 5.32 Å². The fourth-order valence-corrected chi connectivity index (χ4v) is 2.82. The number of aliphatic carboxylic acids is 1. The highest BCUT2D eigenvalue weighted by atomic mass is 32.2. The van der Waals surface area contributed by atoms with E-state index in [1.807, 2.05) is 31.2 Å². The van der Waals surface area contributed by atoms with Crippen LogP contribution in [0.5, 0.6) is 0 Å². The number of fused-ring (bicyclic) bond motifs is 1. The second kappa shape index (κ2) is 7.57. The van der Waals surface area contributed by atoms with E-state index in [1.165, 1.54) is 17.7 Å². The molecule has 0 amide bonds. The Morgan fingerprint density at radius 3 is 2.21 bits per heavy atom. The zero-order chi connectivity index (χ0) is 17.7. The van der Waals surface area contributed by atoms with Crippen molar-refractivity contribution in [1.82, 2.24) is 5.32 Å². The van der Waals surface area contributed by atoms with Gasteiger partial charge in [0.2, 0.25) is 0 Å². The number of carboxylic acids is 1. The summed E-state index contributed by atoms with van der Waals surface area (Å²) in [5, 5.41) is 11.8. The lowest BCUT2D eigenvalue weighted by atomic mass is 9.96. The number of rotatable bonds is 2. The Morgan fingerprint density at radius 2 is 1.67 bits per heavy atom. The van der Waals surface area contributed by atoms with Crippen molar-refractivity contribution in [2.24, 2.45) is 0 Å². The Morgan fingerprint density at radius 1 is 1.08 bits per heavy atom. The normalized spacial score (nSPS) is 16.5. The number of carbonyl (C=O) groups is 1. The molecule has 0 radical (unpaired) electrons. The van der Waals surface area contributed by atoms with Gasteiger partial charge in [-0.15, -0.1) is 0 Å². The maximum Gasteiger partial charge on any atom is 0.321 e. The van der Waals surface area contributed by atoms with Crippen molar-refractivity contribution in [3.63, 3.8) is 0 Å². The van der Waals surface area contributed by atoms with E-state index in [0.717, 1.165) is 11.1 Å². The van der Waals surface area contributed by atoms with Gasteiger partial charge in [0, 0.05) is 6.54 Å². The van der Waals surface area contributed by atoms with Gasteiger partial charge in [-0.1, -0.05) is 42.0 Å². The van der Waals surface area contributed by atoms with Crippen molar-refractivity contribution in [3.05, 3.63) is 65.2 Å². The van der Waals surface area contributed by atoms with E-state index >= 15 is 0 Å². The first kappa shape index (κ1) is 18.1. The van der Waals surface area contributed by atoms with E-state index < -0.39 is 22.1 Å². The first-order chi connectivity index (χ1) is 11.3. The number of hydrogen-bond donors (Lipinski definition) is 3. The van der Waals surface area contributed by atoms with E-state index in [0.29, 0.717) is 13.0 Å². The van der Waals surface area contributed by atoms with Crippen LogP contribution < -0.4 is 5.32 Å². The van der Waals surface area contributed by atoms with Gasteiger partial charge in [-0.25, -0.2) is 0 Å². The third-order valence-corrected chi connectivity index (χ3v) is 4.57. The predicted molar refractivity (Wildman–Crippen MR) is 89.4 cm³/mol. The van der Waals surface area contributed by atoms with Crippen LogP contribution in [0.3, 0.4) is 0 Å². The molecule has 0 saturated heterocycles. The molecule has 24 heavy (non-hydrogen) atoms. The molecule has 0 aromatic heterocycles. The molecular formula is C17H19NO5S. The van der Waals surface area contributed by atoms with Crippen LogP contribution in [0.4, 0.5) is 0 Å². The lowest BCUT2D eigenvalue weighted by molar-refractivity contribution is -0.139. The molecule has 1 heterocycles. The SMILES string of the molecule is Cc1ccc(S(=O)(=O)O)cc1.O=C(O)C1Cc2ccccc2CN1. The summed E-state index contributed by atoms with van der Waals surface area (Å²) in [7, 11) is -4.02. The highest BCUT2D eigenvalue weighted by Gasteiger charge is 2.22. The van der Waals surface area contributed by atoms with Crippen LogP contribution in [-0.4, -0.2) is 30.1 Å². The molecule has 6 nitrogen and oxygen atoms in total. The summed E-state index contributed by atoms with van der Waals surface area (Å²) in [6, 6.07) is 13.5. The second-order valence-corrected chi connectivity index (χ2v) is 6.95. The molecule has 0 aliphatic carbocycles. The fraction of sp³-hybridized carbons (Fsp3) is 0.235. The van der Waals surface area contributed by atoms with Crippen LogP contribution in [0.1, 0.15) is 16.7 Å². The molecule has 1 atom stereocenters. The molecule has 3 rings (SSSR count). The molecule has 3 N–H and O–H groups in total. The monoisotopic (exact) mass is 349 g/mol. The second-order valence-electron chi connectivity index (χ2n) is 5.53. The molecule has 1 aliphatic heterocycles. The van der Waals surface area contributed by atoms with Crippen LogP contribution in [0.2, 0.25) is 0 Å². The smallest absolute Gasteiger partial charge is 0.321 e. The number of carboxylic acid groups (broad SMARTS) is 1. The quantitative estimate of drug-likeness (QED) is 0.717. The lowest BCUT2D eigenvalue weighted by Crippen LogP contribution is -2.41. The molecule has 1 unspecified atom stereocenters. The van der Waals surface area contributed by atoms with Gasteiger partial charge in [0.25, 0.3) is 10.1 Å². The van der Waals surface area contributed by atoms with Gasteiger partial charge in [-0.05, 0) is 36.6 Å². The van der Waals surface area contributed by atoms with Crippen molar-refractivity contribution >= 4 is 16.1 Å². The third kappa shape index (κ3) is 4.89. The number of nitrogens with one attached hydrogen (secondary N) is 1. The molecule has 2 aromatic rings. The Bertz CT molecular complexity index is 815. The number of benzene rings is 2. The van der Waals surface area contributed by atoms with Crippen LogP contribution in [-0.2, 0) is 27.9 Å². The van der Waals surface area contributed by atoms with E-state index in [1.54, 1.807) is 12.1 Å². The van der Waals surface area contributed by atoms with Crippen LogP contribution in [0.15, 0.2) is 53.4 Å². The third-order valence-electron chi connectivity index (χ3n) is 3.70. The van der Waals surface area contributed by atoms with Gasteiger partial charge in [0.1, 0.15) is 6.04 Å². The zero-order valence-electron chi connectivity index (χ0n) is 13.1. The minimum atomic E-state index is -4.02. The summed E-state index contributed by atoms with van der Waals surface area (Å²) in [5.74, 6) is -0.769. The topological polar surface area (TPSA) is 104 Å². The molecule has 0 spiro atoms. The lowest BCUT2D eigenvalue weighted by Gasteiger charge is -2.22. The van der Waals surface area contributed by atoms with Gasteiger partial charge in [-0.3, -0.25) is 9.35 Å². The Hall–Kier alpha value is -2.22. The fourth-order valence-electron chi connectivity index (χ4n) is 2.34. The van der Waals surface area contributed by atoms with Crippen molar-refractivity contribution < 1.29 is 22.9 Å². The van der Waals surface area contributed by atoms with Crippen molar-refractivity contribution in [2.45, 2.75) is 30.8 Å². The van der Waals surface area contributed by atoms with Crippen molar-refractivity contribution in [2.75, 3.05) is 0 Å². The van der Waals surface area contributed by atoms with Crippen LogP contribution in [0, 0.1) is 6.92 Å². The first-order valence-electron chi connectivity index (χ1n) is 7.34. The van der Waals surface area contributed by atoms with Crippen molar-refractivity contribution in [3.8, 4) is 0 Å². The van der Waals surface area contributed by atoms with Gasteiger partial charge >= 0.3 is 5.97 Å².